The highest BCUT2D eigenvalue weighted by Gasteiger charge is 2.32. The van der Waals surface area contributed by atoms with Crippen LogP contribution in [0.15, 0.2) is 0 Å². The van der Waals surface area contributed by atoms with Crippen LogP contribution in [-0.4, -0.2) is 40.9 Å². The summed E-state index contributed by atoms with van der Waals surface area (Å²) in [7, 11) is 0. The fraction of sp³-hybridized carbons (Fsp3) is 0.778. The van der Waals surface area contributed by atoms with Gasteiger partial charge in [-0.3, -0.25) is 9.59 Å². The van der Waals surface area contributed by atoms with Gasteiger partial charge in [-0.1, -0.05) is 12.8 Å². The topological polar surface area (TPSA) is 57.6 Å². The van der Waals surface area contributed by atoms with Crippen LogP contribution in [0.1, 0.15) is 25.7 Å². The SMILES string of the molecule is O=C(O)CN(C(=O)C(F)F)C1CCCC1. The van der Waals surface area contributed by atoms with Gasteiger partial charge in [0.2, 0.25) is 0 Å². The van der Waals surface area contributed by atoms with Crippen molar-refractivity contribution in [2.75, 3.05) is 6.54 Å². The van der Waals surface area contributed by atoms with Gasteiger partial charge in [0, 0.05) is 6.04 Å². The maximum Gasteiger partial charge on any atom is 0.323 e. The van der Waals surface area contributed by atoms with Gasteiger partial charge in [-0.15, -0.1) is 0 Å². The van der Waals surface area contributed by atoms with Crippen LogP contribution >= 0.6 is 0 Å². The molecule has 4 nitrogen and oxygen atoms in total. The first-order valence-corrected chi connectivity index (χ1v) is 4.83. The van der Waals surface area contributed by atoms with Crippen LogP contribution in [0.25, 0.3) is 0 Å². The molecule has 0 spiro atoms. The van der Waals surface area contributed by atoms with Gasteiger partial charge in [-0.2, -0.15) is 8.78 Å². The molecule has 1 aliphatic rings. The smallest absolute Gasteiger partial charge is 0.323 e. The molecule has 0 saturated heterocycles. The third-order valence-corrected chi connectivity index (χ3v) is 2.54. The van der Waals surface area contributed by atoms with E-state index in [9.17, 15) is 18.4 Å². The van der Waals surface area contributed by atoms with Gasteiger partial charge in [0.25, 0.3) is 5.91 Å². The highest BCUT2D eigenvalue weighted by molar-refractivity contribution is 5.83. The second kappa shape index (κ2) is 5.04. The molecule has 0 unspecified atom stereocenters. The summed E-state index contributed by atoms with van der Waals surface area (Å²) < 4.78 is 24.4. The Morgan fingerprint density at radius 1 is 1.33 bits per heavy atom. The standard InChI is InChI=1S/C9H13F2NO3/c10-8(11)9(15)12(5-7(13)14)6-3-1-2-4-6/h6,8H,1-5H2,(H,13,14). The lowest BCUT2D eigenvalue weighted by Crippen LogP contribution is -2.45. The van der Waals surface area contributed by atoms with Crippen LogP contribution in [0.2, 0.25) is 0 Å². The summed E-state index contributed by atoms with van der Waals surface area (Å²) >= 11 is 0. The van der Waals surface area contributed by atoms with Crippen molar-refractivity contribution in [2.45, 2.75) is 38.2 Å². The summed E-state index contributed by atoms with van der Waals surface area (Å²) in [6, 6.07) is -0.331. The lowest BCUT2D eigenvalue weighted by molar-refractivity contribution is -0.152. The number of hydrogen-bond acceptors (Lipinski definition) is 2. The third-order valence-electron chi connectivity index (χ3n) is 2.54. The Morgan fingerprint density at radius 3 is 2.27 bits per heavy atom. The molecular weight excluding hydrogens is 208 g/mol. The number of carboxylic acid groups (broad SMARTS) is 1. The first-order chi connectivity index (χ1) is 7.02. The monoisotopic (exact) mass is 221 g/mol. The molecule has 1 rings (SSSR count). The second-order valence-electron chi connectivity index (χ2n) is 3.60. The van der Waals surface area contributed by atoms with E-state index < -0.39 is 24.8 Å². The molecule has 0 aromatic heterocycles. The zero-order valence-electron chi connectivity index (χ0n) is 8.16. The van der Waals surface area contributed by atoms with E-state index in [4.69, 9.17) is 5.11 Å². The molecule has 6 heteroatoms. The minimum absolute atomic E-state index is 0.331. The molecule has 1 N–H and O–H groups in total. The van der Waals surface area contributed by atoms with Crippen molar-refractivity contribution >= 4 is 11.9 Å². The molecule has 1 amide bonds. The number of nitrogens with zero attached hydrogens (tertiary/aromatic N) is 1. The number of halogens is 2. The van der Waals surface area contributed by atoms with Gasteiger partial charge in [0.05, 0.1) is 0 Å². The highest BCUT2D eigenvalue weighted by atomic mass is 19.3. The number of aliphatic carboxylic acids is 1. The Balaban J connectivity index is 2.67. The number of alkyl halides is 2. The Kier molecular flexibility index (Phi) is 3.99. The molecule has 15 heavy (non-hydrogen) atoms. The van der Waals surface area contributed by atoms with E-state index in [-0.39, 0.29) is 6.04 Å². The predicted octanol–water partition coefficient (Wildman–Crippen LogP) is 1.11. The molecule has 1 saturated carbocycles. The molecule has 1 fully saturated rings. The van der Waals surface area contributed by atoms with Gasteiger partial charge in [0.1, 0.15) is 6.54 Å². The van der Waals surface area contributed by atoms with Crippen molar-refractivity contribution < 1.29 is 23.5 Å². The number of carboxylic acids is 1. The molecule has 0 atom stereocenters. The zero-order valence-corrected chi connectivity index (χ0v) is 8.16. The number of rotatable bonds is 4. The molecule has 0 radical (unpaired) electrons. The van der Waals surface area contributed by atoms with E-state index in [1.165, 1.54) is 0 Å². The van der Waals surface area contributed by atoms with Crippen LogP contribution in [0.4, 0.5) is 8.78 Å². The van der Waals surface area contributed by atoms with E-state index in [0.29, 0.717) is 12.8 Å². The van der Waals surface area contributed by atoms with Crippen LogP contribution in [0.5, 0.6) is 0 Å². The number of carbonyl (C=O) groups is 2. The Bertz CT molecular complexity index is 252. The molecule has 0 aromatic rings. The quantitative estimate of drug-likeness (QED) is 0.773. The Morgan fingerprint density at radius 2 is 1.87 bits per heavy atom. The van der Waals surface area contributed by atoms with Gasteiger partial charge in [0.15, 0.2) is 0 Å². The van der Waals surface area contributed by atoms with Crippen molar-refractivity contribution in [1.29, 1.82) is 0 Å². The highest BCUT2D eigenvalue weighted by Crippen LogP contribution is 2.24. The number of hydrogen-bond donors (Lipinski definition) is 1. The van der Waals surface area contributed by atoms with E-state index in [0.717, 1.165) is 17.7 Å². The largest absolute Gasteiger partial charge is 0.480 e. The fourth-order valence-electron chi connectivity index (χ4n) is 1.87. The van der Waals surface area contributed by atoms with Crippen molar-refractivity contribution in [3.8, 4) is 0 Å². The van der Waals surface area contributed by atoms with E-state index in [1.54, 1.807) is 0 Å². The summed E-state index contributed by atoms with van der Waals surface area (Å²) in [5.74, 6) is -2.62. The predicted molar refractivity (Wildman–Crippen MR) is 47.6 cm³/mol. The summed E-state index contributed by atoms with van der Waals surface area (Å²) in [4.78, 5) is 22.3. The maximum absolute atomic E-state index is 12.2. The lowest BCUT2D eigenvalue weighted by atomic mass is 10.2. The molecule has 1 aliphatic carbocycles. The minimum Gasteiger partial charge on any atom is -0.480 e. The average molecular weight is 221 g/mol. The number of carbonyl (C=O) groups excluding carboxylic acids is 1. The summed E-state index contributed by atoms with van der Waals surface area (Å²) in [6.07, 6.45) is -0.170. The van der Waals surface area contributed by atoms with E-state index in [1.807, 2.05) is 0 Å². The molecular formula is C9H13F2NO3. The normalized spacial score (nSPS) is 17.0. The minimum atomic E-state index is -3.12. The van der Waals surface area contributed by atoms with Gasteiger partial charge >= 0.3 is 12.4 Å². The Labute approximate surface area is 85.9 Å². The van der Waals surface area contributed by atoms with Crippen LogP contribution < -0.4 is 0 Å². The van der Waals surface area contributed by atoms with Crippen molar-refractivity contribution in [1.82, 2.24) is 4.90 Å². The first kappa shape index (κ1) is 11.9. The average Bonchev–Trinajstić information content (AvgIpc) is 2.65. The molecule has 0 aliphatic heterocycles. The van der Waals surface area contributed by atoms with Crippen molar-refractivity contribution in [3.63, 3.8) is 0 Å². The van der Waals surface area contributed by atoms with Gasteiger partial charge in [-0.05, 0) is 12.8 Å². The van der Waals surface area contributed by atoms with Crippen molar-refractivity contribution in [3.05, 3.63) is 0 Å². The third kappa shape index (κ3) is 3.14. The zero-order chi connectivity index (χ0) is 11.4. The van der Waals surface area contributed by atoms with Gasteiger partial charge < -0.3 is 10.0 Å². The summed E-state index contributed by atoms with van der Waals surface area (Å²) in [5.41, 5.74) is 0. The molecule has 0 aromatic carbocycles. The lowest BCUT2D eigenvalue weighted by Gasteiger charge is -2.26. The van der Waals surface area contributed by atoms with Gasteiger partial charge in [-0.25, -0.2) is 0 Å². The summed E-state index contributed by atoms with van der Waals surface area (Å²) in [5, 5.41) is 8.54. The van der Waals surface area contributed by atoms with E-state index >= 15 is 0 Å². The van der Waals surface area contributed by atoms with Crippen LogP contribution in [0.3, 0.4) is 0 Å². The van der Waals surface area contributed by atoms with E-state index in [2.05, 4.69) is 0 Å². The van der Waals surface area contributed by atoms with Crippen LogP contribution in [0, 0.1) is 0 Å². The van der Waals surface area contributed by atoms with Crippen LogP contribution in [-0.2, 0) is 9.59 Å². The second-order valence-corrected chi connectivity index (χ2v) is 3.60. The molecule has 86 valence electrons. The van der Waals surface area contributed by atoms with Crippen molar-refractivity contribution in [2.24, 2.45) is 0 Å². The maximum atomic E-state index is 12.2. The summed E-state index contributed by atoms with van der Waals surface area (Å²) in [6.45, 7) is -0.631. The molecule has 0 heterocycles. The fourth-order valence-corrected chi connectivity index (χ4v) is 1.87. The number of amides is 1. The first-order valence-electron chi connectivity index (χ1n) is 4.83. The Hall–Kier alpha value is -1.20. The molecule has 0 bridgehead atoms.